The number of ether oxygens (including phenoxy) is 3. The van der Waals surface area contributed by atoms with E-state index in [9.17, 15) is 9.90 Å². The van der Waals surface area contributed by atoms with Crippen LogP contribution >= 0.6 is 0 Å². The summed E-state index contributed by atoms with van der Waals surface area (Å²) in [5, 5.41) is 9.28. The van der Waals surface area contributed by atoms with E-state index in [1.807, 2.05) is 12.1 Å². The first-order valence-corrected chi connectivity index (χ1v) is 7.19. The summed E-state index contributed by atoms with van der Waals surface area (Å²) in [6, 6.07) is 3.70. The van der Waals surface area contributed by atoms with Crippen LogP contribution in [-0.4, -0.2) is 37.5 Å². The molecule has 0 saturated heterocycles. The predicted octanol–water partition coefficient (Wildman–Crippen LogP) is 2.34. The van der Waals surface area contributed by atoms with Crippen LogP contribution in [0.25, 0.3) is 0 Å². The molecule has 2 rings (SSSR count). The molecule has 5 nitrogen and oxygen atoms in total. The van der Waals surface area contributed by atoms with Crippen molar-refractivity contribution in [2.24, 2.45) is 0 Å². The number of esters is 1. The van der Waals surface area contributed by atoms with Crippen LogP contribution in [0.2, 0.25) is 0 Å². The van der Waals surface area contributed by atoms with Gasteiger partial charge in [0.25, 0.3) is 0 Å². The Balaban J connectivity index is 2.16. The minimum absolute atomic E-state index is 0.137. The molecule has 0 amide bonds. The van der Waals surface area contributed by atoms with E-state index in [-0.39, 0.29) is 18.2 Å². The molecule has 0 spiro atoms. The number of cyclic esters (lactones) is 1. The third-order valence-corrected chi connectivity index (χ3v) is 3.71. The molecule has 0 fully saturated rings. The average molecular weight is 294 g/mol. The Bertz CT molecular complexity index is 510. The van der Waals surface area contributed by atoms with Crippen molar-refractivity contribution in [2.75, 3.05) is 14.2 Å². The monoisotopic (exact) mass is 294 g/mol. The van der Waals surface area contributed by atoms with Gasteiger partial charge < -0.3 is 19.3 Å². The Morgan fingerprint density at radius 3 is 2.76 bits per heavy atom. The lowest BCUT2D eigenvalue weighted by Gasteiger charge is -2.26. The quantitative estimate of drug-likeness (QED) is 0.816. The number of rotatable bonds is 6. The maximum atomic E-state index is 12.2. The van der Waals surface area contributed by atoms with Gasteiger partial charge in [0.05, 0.1) is 20.3 Å². The second-order valence-corrected chi connectivity index (χ2v) is 5.35. The van der Waals surface area contributed by atoms with Crippen LogP contribution in [0.4, 0.5) is 0 Å². The normalized spacial score (nSPS) is 18.7. The molecule has 21 heavy (non-hydrogen) atoms. The van der Waals surface area contributed by atoms with E-state index in [4.69, 9.17) is 14.2 Å². The molecule has 1 N–H and O–H groups in total. The highest BCUT2D eigenvalue weighted by Gasteiger charge is 2.31. The minimum atomic E-state index is -0.367. The summed E-state index contributed by atoms with van der Waals surface area (Å²) < 4.78 is 16.0. The molecule has 116 valence electrons. The molecule has 0 saturated carbocycles. The fourth-order valence-corrected chi connectivity index (χ4v) is 2.66. The van der Waals surface area contributed by atoms with E-state index >= 15 is 0 Å². The number of aliphatic hydroxyl groups is 1. The first kappa shape index (κ1) is 15.6. The molecule has 0 aliphatic carbocycles. The van der Waals surface area contributed by atoms with Gasteiger partial charge in [-0.1, -0.05) is 6.07 Å². The predicted molar refractivity (Wildman–Crippen MR) is 78.0 cm³/mol. The highest BCUT2D eigenvalue weighted by atomic mass is 16.5. The minimum Gasteiger partial charge on any atom is -0.493 e. The number of benzene rings is 1. The highest BCUT2D eigenvalue weighted by Crippen LogP contribution is 2.37. The van der Waals surface area contributed by atoms with E-state index in [1.54, 1.807) is 6.92 Å². The summed E-state index contributed by atoms with van der Waals surface area (Å²) in [7, 11) is 3.05. The lowest BCUT2D eigenvalue weighted by molar-refractivity contribution is 0.0220. The van der Waals surface area contributed by atoms with E-state index in [0.717, 1.165) is 18.4 Å². The van der Waals surface area contributed by atoms with Crippen molar-refractivity contribution in [3.63, 3.8) is 0 Å². The lowest BCUT2D eigenvalue weighted by atomic mass is 9.94. The summed E-state index contributed by atoms with van der Waals surface area (Å²) in [4.78, 5) is 12.2. The van der Waals surface area contributed by atoms with E-state index < -0.39 is 0 Å². The summed E-state index contributed by atoms with van der Waals surface area (Å²) in [6.07, 6.45) is 2.51. The Hall–Kier alpha value is -1.75. The van der Waals surface area contributed by atoms with Crippen molar-refractivity contribution in [1.29, 1.82) is 0 Å². The van der Waals surface area contributed by atoms with Gasteiger partial charge in [-0.3, -0.25) is 0 Å². The number of aliphatic hydroxyl groups excluding tert-OH is 1. The molecule has 0 radical (unpaired) electrons. The number of fused-ring (bicyclic) bond motifs is 1. The Morgan fingerprint density at radius 2 is 2.14 bits per heavy atom. The van der Waals surface area contributed by atoms with Crippen LogP contribution < -0.4 is 9.47 Å². The second kappa shape index (κ2) is 6.80. The van der Waals surface area contributed by atoms with Gasteiger partial charge in [0.15, 0.2) is 11.5 Å². The van der Waals surface area contributed by atoms with Gasteiger partial charge in [-0.2, -0.15) is 0 Å². The van der Waals surface area contributed by atoms with Crippen molar-refractivity contribution < 1.29 is 24.1 Å². The summed E-state index contributed by atoms with van der Waals surface area (Å²) in [5.74, 6) is 0.595. The first-order valence-electron chi connectivity index (χ1n) is 7.19. The summed E-state index contributed by atoms with van der Waals surface area (Å²) in [5.41, 5.74) is 1.38. The number of carbonyl (C=O) groups is 1. The lowest BCUT2D eigenvalue weighted by Crippen LogP contribution is -2.28. The molecule has 1 heterocycles. The smallest absolute Gasteiger partial charge is 0.342 e. The molecule has 1 aliphatic rings. The maximum absolute atomic E-state index is 12.2. The molecular weight excluding hydrogens is 272 g/mol. The van der Waals surface area contributed by atoms with Crippen molar-refractivity contribution in [2.45, 2.75) is 44.8 Å². The van der Waals surface area contributed by atoms with Gasteiger partial charge in [-0.05, 0) is 37.8 Å². The molecule has 5 heteroatoms. The fourth-order valence-electron chi connectivity index (χ4n) is 2.66. The maximum Gasteiger partial charge on any atom is 0.342 e. The topological polar surface area (TPSA) is 65.0 Å². The van der Waals surface area contributed by atoms with Gasteiger partial charge in [0.2, 0.25) is 0 Å². The Kier molecular flexibility index (Phi) is 5.07. The zero-order valence-electron chi connectivity index (χ0n) is 12.7. The van der Waals surface area contributed by atoms with Crippen LogP contribution in [0.1, 0.15) is 42.1 Å². The van der Waals surface area contributed by atoms with Crippen molar-refractivity contribution in [1.82, 2.24) is 0 Å². The molecule has 0 aromatic heterocycles. The third kappa shape index (κ3) is 3.47. The highest BCUT2D eigenvalue weighted by molar-refractivity contribution is 5.96. The molecular formula is C16H22O5. The summed E-state index contributed by atoms with van der Waals surface area (Å²) >= 11 is 0. The van der Waals surface area contributed by atoms with Gasteiger partial charge in [-0.25, -0.2) is 4.79 Å². The van der Waals surface area contributed by atoms with Crippen LogP contribution in [-0.2, 0) is 11.2 Å². The number of hydrogen-bond acceptors (Lipinski definition) is 5. The third-order valence-electron chi connectivity index (χ3n) is 3.71. The van der Waals surface area contributed by atoms with Gasteiger partial charge in [0.1, 0.15) is 11.7 Å². The number of carbonyl (C=O) groups excluding carboxylic acids is 1. The summed E-state index contributed by atoms with van der Waals surface area (Å²) in [6.45, 7) is 1.76. The van der Waals surface area contributed by atoms with Crippen molar-refractivity contribution >= 4 is 5.97 Å². The number of methoxy groups -OCH3 is 2. The van der Waals surface area contributed by atoms with Crippen LogP contribution in [0.15, 0.2) is 12.1 Å². The van der Waals surface area contributed by atoms with Crippen LogP contribution in [0.3, 0.4) is 0 Å². The largest absolute Gasteiger partial charge is 0.493 e. The first-order chi connectivity index (χ1) is 10.1. The average Bonchev–Trinajstić information content (AvgIpc) is 2.45. The van der Waals surface area contributed by atoms with Crippen molar-refractivity contribution in [3.8, 4) is 11.5 Å². The number of hydrogen-bond donors (Lipinski definition) is 1. The molecule has 1 aromatic rings. The zero-order chi connectivity index (χ0) is 15.4. The molecule has 1 aliphatic heterocycles. The standard InChI is InChI=1S/C16H22O5/c1-10(17)5-4-6-12-9-11-7-8-13(19-2)15(20-3)14(11)16(18)21-12/h7-8,10,12,17H,4-6,9H2,1-3H3/t10-,12+/m0/s1. The molecule has 2 atom stereocenters. The van der Waals surface area contributed by atoms with Crippen LogP contribution in [0.5, 0.6) is 11.5 Å². The van der Waals surface area contributed by atoms with E-state index in [0.29, 0.717) is 29.9 Å². The molecule has 0 bridgehead atoms. The Labute approximate surface area is 124 Å². The molecule has 1 aromatic carbocycles. The van der Waals surface area contributed by atoms with Crippen molar-refractivity contribution in [3.05, 3.63) is 23.3 Å². The van der Waals surface area contributed by atoms with E-state index in [2.05, 4.69) is 0 Å². The Morgan fingerprint density at radius 1 is 1.38 bits per heavy atom. The van der Waals surface area contributed by atoms with Gasteiger partial charge in [-0.15, -0.1) is 0 Å². The van der Waals surface area contributed by atoms with Gasteiger partial charge in [0, 0.05) is 6.42 Å². The fraction of sp³-hybridized carbons (Fsp3) is 0.562. The van der Waals surface area contributed by atoms with Crippen LogP contribution in [0, 0.1) is 0 Å². The SMILES string of the molecule is COc1ccc2c(c1OC)C(=O)O[C@H](CCC[C@H](C)O)C2. The molecule has 0 unspecified atom stereocenters. The second-order valence-electron chi connectivity index (χ2n) is 5.35. The van der Waals surface area contributed by atoms with Gasteiger partial charge >= 0.3 is 5.97 Å². The van der Waals surface area contributed by atoms with E-state index in [1.165, 1.54) is 14.2 Å². The zero-order valence-corrected chi connectivity index (χ0v) is 12.7.